The van der Waals surface area contributed by atoms with Crippen LogP contribution in [-0.2, 0) is 16.0 Å². The van der Waals surface area contributed by atoms with Crippen LogP contribution in [0.5, 0.6) is 0 Å². The summed E-state index contributed by atoms with van der Waals surface area (Å²) in [5.74, 6) is -0.307. The zero-order chi connectivity index (χ0) is 19.4. The van der Waals surface area contributed by atoms with Gasteiger partial charge < -0.3 is 10.6 Å². The Morgan fingerprint density at radius 2 is 1.78 bits per heavy atom. The molecule has 0 radical (unpaired) electrons. The Kier molecular flexibility index (Phi) is 6.11. The van der Waals surface area contributed by atoms with Crippen LogP contribution >= 0.6 is 34.5 Å². The Morgan fingerprint density at radius 1 is 1.04 bits per heavy atom. The quantitative estimate of drug-likeness (QED) is 0.592. The van der Waals surface area contributed by atoms with Crippen molar-refractivity contribution in [3.8, 4) is 11.3 Å². The van der Waals surface area contributed by atoms with E-state index in [1.807, 2.05) is 17.5 Å². The van der Waals surface area contributed by atoms with E-state index < -0.39 is 0 Å². The molecular weight excluding hydrogens is 405 g/mol. The van der Waals surface area contributed by atoms with E-state index in [0.29, 0.717) is 15.2 Å². The number of halogens is 2. The smallest absolute Gasteiger partial charge is 0.230 e. The highest BCUT2D eigenvalue weighted by molar-refractivity contribution is 7.14. The Bertz CT molecular complexity index is 987. The third kappa shape index (κ3) is 5.29. The maximum absolute atomic E-state index is 12.2. The lowest BCUT2D eigenvalue weighted by Crippen LogP contribution is -2.14. The molecule has 0 saturated heterocycles. The van der Waals surface area contributed by atoms with E-state index in [9.17, 15) is 9.59 Å². The Balaban J connectivity index is 1.64. The number of thiazole rings is 1. The van der Waals surface area contributed by atoms with Crippen LogP contribution in [-0.4, -0.2) is 16.8 Å². The van der Waals surface area contributed by atoms with Crippen molar-refractivity contribution in [1.29, 1.82) is 0 Å². The fraction of sp³-hybridized carbons (Fsp3) is 0.105. The number of benzene rings is 2. The molecule has 0 bridgehead atoms. The summed E-state index contributed by atoms with van der Waals surface area (Å²) in [6, 6.07) is 12.4. The summed E-state index contributed by atoms with van der Waals surface area (Å²) in [4.78, 5) is 27.7. The highest BCUT2D eigenvalue weighted by atomic mass is 35.5. The van der Waals surface area contributed by atoms with Crippen LogP contribution in [0.3, 0.4) is 0 Å². The number of carbonyl (C=O) groups is 2. The summed E-state index contributed by atoms with van der Waals surface area (Å²) < 4.78 is 0. The molecule has 138 valence electrons. The first-order valence-electron chi connectivity index (χ1n) is 7.98. The fourth-order valence-electron chi connectivity index (χ4n) is 2.39. The predicted octanol–water partition coefficient (Wildman–Crippen LogP) is 5.26. The van der Waals surface area contributed by atoms with Gasteiger partial charge in [0.2, 0.25) is 11.8 Å². The molecule has 2 aromatic carbocycles. The van der Waals surface area contributed by atoms with Crippen molar-refractivity contribution in [2.45, 2.75) is 13.3 Å². The van der Waals surface area contributed by atoms with E-state index in [2.05, 4.69) is 15.6 Å². The molecule has 1 aromatic heterocycles. The van der Waals surface area contributed by atoms with Crippen LogP contribution < -0.4 is 10.6 Å². The number of hydrogen-bond acceptors (Lipinski definition) is 4. The molecule has 0 saturated carbocycles. The van der Waals surface area contributed by atoms with Crippen LogP contribution in [0.15, 0.2) is 47.8 Å². The second-order valence-corrected chi connectivity index (χ2v) is 7.44. The zero-order valence-electron chi connectivity index (χ0n) is 14.3. The number of amides is 2. The van der Waals surface area contributed by atoms with Crippen molar-refractivity contribution >= 4 is 57.2 Å². The second-order valence-electron chi connectivity index (χ2n) is 5.77. The van der Waals surface area contributed by atoms with Gasteiger partial charge in [-0.1, -0.05) is 41.4 Å². The molecule has 0 atom stereocenters. The first-order valence-corrected chi connectivity index (χ1v) is 9.61. The van der Waals surface area contributed by atoms with Gasteiger partial charge in [0.05, 0.1) is 22.2 Å². The van der Waals surface area contributed by atoms with Crippen molar-refractivity contribution in [3.63, 3.8) is 0 Å². The average molecular weight is 420 g/mol. The van der Waals surface area contributed by atoms with Crippen LogP contribution in [0.1, 0.15) is 12.5 Å². The van der Waals surface area contributed by atoms with E-state index in [1.54, 1.807) is 30.3 Å². The molecule has 3 rings (SSSR count). The lowest BCUT2D eigenvalue weighted by molar-refractivity contribution is -0.116. The van der Waals surface area contributed by atoms with Crippen LogP contribution in [0.2, 0.25) is 10.0 Å². The summed E-state index contributed by atoms with van der Waals surface area (Å²) in [5.41, 5.74) is 3.13. The molecule has 0 spiro atoms. The summed E-state index contributed by atoms with van der Waals surface area (Å²) in [7, 11) is 0. The Labute approximate surface area is 170 Å². The fourth-order valence-corrected chi connectivity index (χ4v) is 3.45. The third-order valence-electron chi connectivity index (χ3n) is 3.60. The first kappa shape index (κ1) is 19.4. The van der Waals surface area contributed by atoms with Gasteiger partial charge in [-0.25, -0.2) is 4.98 Å². The molecule has 5 nitrogen and oxygen atoms in total. The topological polar surface area (TPSA) is 71.1 Å². The number of aromatic nitrogens is 1. The normalized spacial score (nSPS) is 10.5. The summed E-state index contributed by atoms with van der Waals surface area (Å²) >= 11 is 13.2. The summed E-state index contributed by atoms with van der Waals surface area (Å²) in [6.45, 7) is 1.46. The molecule has 1 heterocycles. The molecule has 0 aliphatic rings. The van der Waals surface area contributed by atoms with Gasteiger partial charge in [-0.05, 0) is 29.8 Å². The molecule has 0 fully saturated rings. The molecule has 8 heteroatoms. The molecule has 2 N–H and O–H groups in total. The molecular formula is C19H15Cl2N3O2S. The molecule has 2 amide bonds. The minimum Gasteiger partial charge on any atom is -0.326 e. The number of carbonyl (C=O) groups excluding carboxylic acids is 2. The summed E-state index contributed by atoms with van der Waals surface area (Å²) in [5, 5.41) is 8.75. The first-order chi connectivity index (χ1) is 12.9. The maximum atomic E-state index is 12.2. The molecule has 27 heavy (non-hydrogen) atoms. The van der Waals surface area contributed by atoms with Crippen LogP contribution in [0, 0.1) is 0 Å². The maximum Gasteiger partial charge on any atom is 0.230 e. The van der Waals surface area contributed by atoms with Crippen molar-refractivity contribution in [2.75, 3.05) is 10.6 Å². The standard InChI is InChI=1S/C19H15Cl2N3O2S/c1-11(25)22-14-5-3-13(4-6-14)17-10-27-19(23-17)24-18(26)9-12-2-7-15(20)16(21)8-12/h2-8,10H,9H2,1H3,(H,22,25)(H,23,24,26). The van der Waals surface area contributed by atoms with E-state index in [0.717, 1.165) is 22.5 Å². The van der Waals surface area contributed by atoms with E-state index in [1.165, 1.54) is 18.3 Å². The van der Waals surface area contributed by atoms with Gasteiger partial charge in [0.1, 0.15) is 0 Å². The van der Waals surface area contributed by atoms with Gasteiger partial charge in [0, 0.05) is 23.6 Å². The third-order valence-corrected chi connectivity index (χ3v) is 5.10. The highest BCUT2D eigenvalue weighted by Gasteiger charge is 2.10. The molecule has 0 aliphatic carbocycles. The van der Waals surface area contributed by atoms with Gasteiger partial charge in [-0.3, -0.25) is 9.59 Å². The predicted molar refractivity (Wildman–Crippen MR) is 111 cm³/mol. The number of anilines is 2. The van der Waals surface area contributed by atoms with E-state index in [-0.39, 0.29) is 18.2 Å². The molecule has 0 unspecified atom stereocenters. The van der Waals surface area contributed by atoms with E-state index in [4.69, 9.17) is 23.2 Å². The monoisotopic (exact) mass is 419 g/mol. The average Bonchev–Trinajstić information content (AvgIpc) is 3.06. The largest absolute Gasteiger partial charge is 0.326 e. The second kappa shape index (κ2) is 8.52. The number of nitrogens with one attached hydrogen (secondary N) is 2. The minimum atomic E-state index is -0.185. The minimum absolute atomic E-state index is 0.122. The Hall–Kier alpha value is -2.41. The van der Waals surface area contributed by atoms with Gasteiger partial charge in [-0.2, -0.15) is 0 Å². The summed E-state index contributed by atoms with van der Waals surface area (Å²) in [6.07, 6.45) is 0.178. The zero-order valence-corrected chi connectivity index (χ0v) is 16.6. The Morgan fingerprint density at radius 3 is 2.44 bits per heavy atom. The van der Waals surface area contributed by atoms with Gasteiger partial charge in [0.15, 0.2) is 5.13 Å². The van der Waals surface area contributed by atoms with E-state index >= 15 is 0 Å². The number of rotatable bonds is 5. The van der Waals surface area contributed by atoms with Gasteiger partial charge in [0.25, 0.3) is 0 Å². The number of hydrogen-bond donors (Lipinski definition) is 2. The lowest BCUT2D eigenvalue weighted by Gasteiger charge is -2.04. The number of nitrogens with zero attached hydrogens (tertiary/aromatic N) is 1. The van der Waals surface area contributed by atoms with Crippen molar-refractivity contribution in [1.82, 2.24) is 4.98 Å². The van der Waals surface area contributed by atoms with Crippen LogP contribution in [0.4, 0.5) is 10.8 Å². The van der Waals surface area contributed by atoms with Crippen molar-refractivity contribution in [3.05, 3.63) is 63.5 Å². The lowest BCUT2D eigenvalue weighted by atomic mass is 10.1. The molecule has 0 aliphatic heterocycles. The van der Waals surface area contributed by atoms with Crippen molar-refractivity contribution in [2.24, 2.45) is 0 Å². The van der Waals surface area contributed by atoms with Gasteiger partial charge in [-0.15, -0.1) is 11.3 Å². The molecule has 3 aromatic rings. The SMILES string of the molecule is CC(=O)Nc1ccc(-c2csc(NC(=O)Cc3ccc(Cl)c(Cl)c3)n2)cc1. The van der Waals surface area contributed by atoms with Crippen LogP contribution in [0.25, 0.3) is 11.3 Å². The van der Waals surface area contributed by atoms with Gasteiger partial charge >= 0.3 is 0 Å². The van der Waals surface area contributed by atoms with Crippen molar-refractivity contribution < 1.29 is 9.59 Å². The highest BCUT2D eigenvalue weighted by Crippen LogP contribution is 2.27.